The summed E-state index contributed by atoms with van der Waals surface area (Å²) in [6.07, 6.45) is 6.63. The van der Waals surface area contributed by atoms with Gasteiger partial charge < -0.3 is 19.9 Å². The van der Waals surface area contributed by atoms with Gasteiger partial charge in [0.15, 0.2) is 0 Å². The highest BCUT2D eigenvalue weighted by Gasteiger charge is 2.36. The topological polar surface area (TPSA) is 105 Å². The van der Waals surface area contributed by atoms with Crippen LogP contribution in [-0.2, 0) is 22.6 Å². The normalized spacial score (nSPS) is 16.4. The number of carboxylic acids is 1. The number of rotatable bonds is 8. The van der Waals surface area contributed by atoms with Crippen LogP contribution in [0.1, 0.15) is 34.3 Å². The number of carboxylic acid groups (broad SMARTS) is 1. The molecular weight excluding hydrogens is 420 g/mol. The molecular formula is C25H26N4O4. The number of nitrogens with zero attached hydrogens (tertiary/aromatic N) is 3. The third-order valence-corrected chi connectivity index (χ3v) is 5.81. The van der Waals surface area contributed by atoms with Gasteiger partial charge in [-0.15, -0.1) is 0 Å². The minimum atomic E-state index is -1.10. The van der Waals surface area contributed by atoms with E-state index in [1.54, 1.807) is 23.5 Å². The Morgan fingerprint density at radius 2 is 1.88 bits per heavy atom. The number of benzene rings is 2. The van der Waals surface area contributed by atoms with Gasteiger partial charge in [0.1, 0.15) is 12.1 Å². The molecule has 4 rings (SSSR count). The molecule has 8 heteroatoms. The van der Waals surface area contributed by atoms with Crippen molar-refractivity contribution in [3.05, 3.63) is 90.0 Å². The van der Waals surface area contributed by atoms with Crippen molar-refractivity contribution in [1.82, 2.24) is 19.8 Å². The summed E-state index contributed by atoms with van der Waals surface area (Å²) in [7, 11) is 0. The lowest BCUT2D eigenvalue weighted by atomic mass is 10.0. The third kappa shape index (κ3) is 5.46. The molecule has 1 saturated heterocycles. The molecule has 0 aliphatic carbocycles. The van der Waals surface area contributed by atoms with E-state index in [1.165, 1.54) is 0 Å². The number of aromatic nitrogens is 2. The summed E-state index contributed by atoms with van der Waals surface area (Å²) in [5.41, 5.74) is 2.28. The molecule has 8 nitrogen and oxygen atoms in total. The van der Waals surface area contributed by atoms with Gasteiger partial charge in [-0.1, -0.05) is 42.5 Å². The van der Waals surface area contributed by atoms with Gasteiger partial charge >= 0.3 is 5.97 Å². The average Bonchev–Trinajstić information content (AvgIpc) is 3.51. The Morgan fingerprint density at radius 1 is 1.09 bits per heavy atom. The molecule has 2 amide bonds. The van der Waals surface area contributed by atoms with Gasteiger partial charge in [-0.05, 0) is 36.1 Å². The van der Waals surface area contributed by atoms with Gasteiger partial charge in [0.2, 0.25) is 5.91 Å². The zero-order valence-electron chi connectivity index (χ0n) is 18.1. The molecule has 1 aliphatic heterocycles. The molecule has 2 aromatic carbocycles. The highest BCUT2D eigenvalue weighted by Crippen LogP contribution is 2.21. The molecule has 0 unspecified atom stereocenters. The largest absolute Gasteiger partial charge is 0.480 e. The zero-order valence-corrected chi connectivity index (χ0v) is 18.1. The summed E-state index contributed by atoms with van der Waals surface area (Å²) in [4.78, 5) is 43.6. The Balaban J connectivity index is 1.45. The van der Waals surface area contributed by atoms with Crippen LogP contribution in [0.4, 0.5) is 0 Å². The lowest BCUT2D eigenvalue weighted by Gasteiger charge is -2.26. The van der Waals surface area contributed by atoms with Crippen LogP contribution in [-0.4, -0.2) is 56.0 Å². The van der Waals surface area contributed by atoms with E-state index < -0.39 is 24.0 Å². The van der Waals surface area contributed by atoms with E-state index in [0.29, 0.717) is 31.5 Å². The van der Waals surface area contributed by atoms with Gasteiger partial charge in [0, 0.05) is 37.5 Å². The van der Waals surface area contributed by atoms with Crippen LogP contribution in [0.25, 0.3) is 0 Å². The Bertz CT molecular complexity index is 1110. The molecule has 33 heavy (non-hydrogen) atoms. The Labute approximate surface area is 191 Å². The van der Waals surface area contributed by atoms with E-state index in [9.17, 15) is 19.5 Å². The smallest absolute Gasteiger partial charge is 0.326 e. The number of carbonyl (C=O) groups is 3. The summed E-state index contributed by atoms with van der Waals surface area (Å²) < 4.78 is 1.91. The van der Waals surface area contributed by atoms with Crippen LogP contribution in [0.5, 0.6) is 0 Å². The maximum Gasteiger partial charge on any atom is 0.326 e. The van der Waals surface area contributed by atoms with E-state index in [4.69, 9.17) is 0 Å². The molecule has 1 fully saturated rings. The van der Waals surface area contributed by atoms with E-state index in [1.807, 2.05) is 59.3 Å². The molecule has 2 N–H and O–H groups in total. The molecule has 0 spiro atoms. The van der Waals surface area contributed by atoms with Crippen molar-refractivity contribution in [2.45, 2.75) is 37.9 Å². The van der Waals surface area contributed by atoms with Crippen LogP contribution >= 0.6 is 0 Å². The molecule has 3 aromatic rings. The van der Waals surface area contributed by atoms with E-state index in [-0.39, 0.29) is 12.3 Å². The Morgan fingerprint density at radius 3 is 2.61 bits per heavy atom. The predicted octanol–water partition coefficient (Wildman–Crippen LogP) is 2.35. The first kappa shape index (κ1) is 22.3. The number of carbonyl (C=O) groups excluding carboxylic acids is 2. The van der Waals surface area contributed by atoms with Gasteiger partial charge in [-0.25, -0.2) is 9.78 Å². The molecule has 1 aromatic heterocycles. The van der Waals surface area contributed by atoms with Gasteiger partial charge in [0.25, 0.3) is 5.91 Å². The van der Waals surface area contributed by atoms with Gasteiger partial charge in [0.05, 0.1) is 6.33 Å². The summed E-state index contributed by atoms with van der Waals surface area (Å²) in [6, 6.07) is 14.7. The molecule has 170 valence electrons. The van der Waals surface area contributed by atoms with Crippen molar-refractivity contribution in [3.8, 4) is 0 Å². The Kier molecular flexibility index (Phi) is 6.83. The van der Waals surface area contributed by atoms with Crippen molar-refractivity contribution in [2.75, 3.05) is 6.54 Å². The fourth-order valence-electron chi connectivity index (χ4n) is 4.16. The van der Waals surface area contributed by atoms with Crippen LogP contribution in [0.2, 0.25) is 0 Å². The lowest BCUT2D eigenvalue weighted by molar-refractivity contribution is -0.142. The van der Waals surface area contributed by atoms with E-state index in [0.717, 1.165) is 11.1 Å². The summed E-state index contributed by atoms with van der Waals surface area (Å²) in [6.45, 7) is 1.05. The maximum atomic E-state index is 13.2. The zero-order chi connectivity index (χ0) is 23.2. The number of nitrogens with one attached hydrogen (secondary N) is 1. The SMILES string of the molecule is O=C(O)[C@H](Cc1ccccc1)NC(=O)[C@@H]1CCCN1C(=O)c1cccc(Cn2ccnc2)c1. The molecule has 1 aliphatic rings. The number of likely N-dealkylation sites (tertiary alicyclic amines) is 1. The van der Waals surface area contributed by atoms with Gasteiger partial charge in [-0.3, -0.25) is 9.59 Å². The fourth-order valence-corrected chi connectivity index (χ4v) is 4.16. The van der Waals surface area contributed by atoms with Crippen molar-refractivity contribution >= 4 is 17.8 Å². The summed E-state index contributed by atoms with van der Waals surface area (Å²) in [5, 5.41) is 12.3. The summed E-state index contributed by atoms with van der Waals surface area (Å²) in [5.74, 6) is -1.76. The van der Waals surface area contributed by atoms with Crippen LogP contribution < -0.4 is 5.32 Å². The number of amides is 2. The summed E-state index contributed by atoms with van der Waals surface area (Å²) >= 11 is 0. The molecule has 0 saturated carbocycles. The standard InChI is InChI=1S/C25H26N4O4/c30-23(27-21(25(32)33)15-18-6-2-1-3-7-18)22-10-5-12-29(22)24(31)20-9-4-8-19(14-20)16-28-13-11-26-17-28/h1-4,6-9,11,13-14,17,21-22H,5,10,12,15-16H2,(H,27,30)(H,32,33)/t21-,22-/m0/s1. The molecule has 2 heterocycles. The second-order valence-electron chi connectivity index (χ2n) is 8.18. The quantitative estimate of drug-likeness (QED) is 0.553. The van der Waals surface area contributed by atoms with E-state index in [2.05, 4.69) is 10.3 Å². The first-order valence-corrected chi connectivity index (χ1v) is 10.9. The highest BCUT2D eigenvalue weighted by molar-refractivity contribution is 5.98. The number of hydrogen-bond acceptors (Lipinski definition) is 4. The third-order valence-electron chi connectivity index (χ3n) is 5.81. The molecule has 0 bridgehead atoms. The predicted molar refractivity (Wildman–Crippen MR) is 122 cm³/mol. The number of aliphatic carboxylic acids is 1. The minimum Gasteiger partial charge on any atom is -0.480 e. The monoisotopic (exact) mass is 446 g/mol. The van der Waals surface area contributed by atoms with Gasteiger partial charge in [-0.2, -0.15) is 0 Å². The van der Waals surface area contributed by atoms with Crippen LogP contribution in [0.15, 0.2) is 73.3 Å². The van der Waals surface area contributed by atoms with Crippen molar-refractivity contribution in [3.63, 3.8) is 0 Å². The minimum absolute atomic E-state index is 0.179. The number of hydrogen-bond donors (Lipinski definition) is 2. The van der Waals surface area contributed by atoms with Crippen LogP contribution in [0, 0.1) is 0 Å². The van der Waals surface area contributed by atoms with Crippen molar-refractivity contribution in [1.29, 1.82) is 0 Å². The maximum absolute atomic E-state index is 13.2. The fraction of sp³-hybridized carbons (Fsp3) is 0.280. The molecule has 0 radical (unpaired) electrons. The second-order valence-corrected chi connectivity index (χ2v) is 8.18. The van der Waals surface area contributed by atoms with Crippen molar-refractivity contribution in [2.24, 2.45) is 0 Å². The van der Waals surface area contributed by atoms with E-state index >= 15 is 0 Å². The first-order chi connectivity index (χ1) is 16.0. The molecule has 2 atom stereocenters. The second kappa shape index (κ2) is 10.1. The average molecular weight is 447 g/mol. The first-order valence-electron chi connectivity index (χ1n) is 10.9. The van der Waals surface area contributed by atoms with Crippen LogP contribution in [0.3, 0.4) is 0 Å². The Hall–Kier alpha value is -3.94. The highest BCUT2D eigenvalue weighted by atomic mass is 16.4. The van der Waals surface area contributed by atoms with Crippen molar-refractivity contribution < 1.29 is 19.5 Å². The lowest BCUT2D eigenvalue weighted by Crippen LogP contribution is -2.51. The number of imidazole rings is 1.